The number of methoxy groups -OCH3 is 1. The van der Waals surface area contributed by atoms with Gasteiger partial charge in [-0.2, -0.15) is 0 Å². The Labute approximate surface area is 160 Å². The lowest BCUT2D eigenvalue weighted by Crippen LogP contribution is -2.50. The molecular weight excluding hydrogens is 346 g/mol. The molecule has 1 aliphatic heterocycles. The largest absolute Gasteiger partial charge is 0.497 e. The maximum atomic E-state index is 12.3. The molecule has 2 fully saturated rings. The van der Waals surface area contributed by atoms with Crippen LogP contribution in [0.5, 0.6) is 5.75 Å². The molecule has 2 N–H and O–H groups in total. The number of carbonyl (C=O) groups excluding carboxylic acids is 2. The second kappa shape index (κ2) is 8.50. The van der Waals surface area contributed by atoms with E-state index in [1.165, 1.54) is 5.56 Å². The van der Waals surface area contributed by atoms with E-state index in [-0.39, 0.29) is 23.6 Å². The van der Waals surface area contributed by atoms with Crippen molar-refractivity contribution >= 4 is 12.1 Å². The first-order chi connectivity index (χ1) is 13.1. The third-order valence-electron chi connectivity index (χ3n) is 5.50. The number of hydrogen-bond donors (Lipinski definition) is 2. The standard InChI is InChI=1S/C20H29N3O4/c1-3-27-19(25)23-12-8-16(9-13-23)22-18(24)21-14-20(10-11-20)15-4-6-17(26-2)7-5-15/h4-7,16H,3,8-14H2,1-2H3,(H2,21,22,24). The van der Waals surface area contributed by atoms with Crippen LogP contribution in [0.2, 0.25) is 0 Å². The van der Waals surface area contributed by atoms with E-state index in [0.717, 1.165) is 31.4 Å². The topological polar surface area (TPSA) is 79.9 Å². The molecule has 1 saturated heterocycles. The molecule has 7 heteroatoms. The third-order valence-corrected chi connectivity index (χ3v) is 5.50. The molecule has 3 amide bonds. The summed E-state index contributed by atoms with van der Waals surface area (Å²) in [5.74, 6) is 0.842. The lowest BCUT2D eigenvalue weighted by Gasteiger charge is -2.31. The fourth-order valence-corrected chi connectivity index (χ4v) is 3.57. The summed E-state index contributed by atoms with van der Waals surface area (Å²) in [4.78, 5) is 25.7. The first kappa shape index (κ1) is 19.3. The molecule has 1 saturated carbocycles. The molecule has 1 heterocycles. The van der Waals surface area contributed by atoms with Crippen LogP contribution in [0.15, 0.2) is 24.3 Å². The SMILES string of the molecule is CCOC(=O)N1CCC(NC(=O)NCC2(c3ccc(OC)cc3)CC2)CC1. The lowest BCUT2D eigenvalue weighted by molar-refractivity contribution is 0.0957. The molecule has 0 unspecified atom stereocenters. The zero-order valence-electron chi connectivity index (χ0n) is 16.1. The zero-order valence-corrected chi connectivity index (χ0v) is 16.1. The van der Waals surface area contributed by atoms with Crippen LogP contribution in [0.4, 0.5) is 9.59 Å². The number of amides is 3. The molecule has 2 aliphatic rings. The Morgan fingerprint density at radius 3 is 2.41 bits per heavy atom. The van der Waals surface area contributed by atoms with Crippen molar-refractivity contribution in [3.8, 4) is 5.75 Å². The van der Waals surface area contributed by atoms with E-state index >= 15 is 0 Å². The van der Waals surface area contributed by atoms with Gasteiger partial charge < -0.3 is 25.0 Å². The van der Waals surface area contributed by atoms with Gasteiger partial charge in [0.2, 0.25) is 0 Å². The smallest absolute Gasteiger partial charge is 0.409 e. The van der Waals surface area contributed by atoms with E-state index in [2.05, 4.69) is 22.8 Å². The number of nitrogens with zero attached hydrogens (tertiary/aromatic N) is 1. The van der Waals surface area contributed by atoms with Gasteiger partial charge in [0.25, 0.3) is 0 Å². The predicted molar refractivity (Wildman–Crippen MR) is 102 cm³/mol. The molecule has 0 spiro atoms. The highest BCUT2D eigenvalue weighted by Gasteiger charge is 2.44. The van der Waals surface area contributed by atoms with Crippen molar-refractivity contribution in [3.63, 3.8) is 0 Å². The highest BCUT2D eigenvalue weighted by atomic mass is 16.6. The predicted octanol–water partition coefficient (Wildman–Crippen LogP) is 2.65. The van der Waals surface area contributed by atoms with E-state index < -0.39 is 0 Å². The molecule has 148 valence electrons. The first-order valence-electron chi connectivity index (χ1n) is 9.67. The molecule has 0 radical (unpaired) electrons. The Balaban J connectivity index is 1.42. The van der Waals surface area contributed by atoms with Crippen molar-refractivity contribution in [3.05, 3.63) is 29.8 Å². The quantitative estimate of drug-likeness (QED) is 0.801. The summed E-state index contributed by atoms with van der Waals surface area (Å²) in [6.45, 7) is 4.04. The lowest BCUT2D eigenvalue weighted by atomic mass is 9.96. The second-order valence-corrected chi connectivity index (χ2v) is 7.30. The minimum absolute atomic E-state index is 0.0525. The second-order valence-electron chi connectivity index (χ2n) is 7.30. The van der Waals surface area contributed by atoms with Crippen LogP contribution in [-0.4, -0.2) is 56.4 Å². The highest BCUT2D eigenvalue weighted by molar-refractivity contribution is 5.74. The molecule has 7 nitrogen and oxygen atoms in total. The summed E-state index contributed by atoms with van der Waals surface area (Å²) in [6.07, 6.45) is 3.39. The Morgan fingerprint density at radius 1 is 1.19 bits per heavy atom. The van der Waals surface area contributed by atoms with Gasteiger partial charge in [0, 0.05) is 31.1 Å². The number of benzene rings is 1. The fraction of sp³-hybridized carbons (Fsp3) is 0.600. The Bertz CT molecular complexity index is 650. The van der Waals surface area contributed by atoms with Gasteiger partial charge >= 0.3 is 12.1 Å². The van der Waals surface area contributed by atoms with Gasteiger partial charge in [0.05, 0.1) is 13.7 Å². The van der Waals surface area contributed by atoms with E-state index in [1.807, 2.05) is 12.1 Å². The van der Waals surface area contributed by atoms with Crippen molar-refractivity contribution in [1.29, 1.82) is 0 Å². The summed E-state index contributed by atoms with van der Waals surface area (Å²) in [5.41, 5.74) is 1.29. The first-order valence-corrected chi connectivity index (χ1v) is 9.67. The van der Waals surface area contributed by atoms with E-state index in [9.17, 15) is 9.59 Å². The molecule has 27 heavy (non-hydrogen) atoms. The third kappa shape index (κ3) is 4.84. The Kier molecular flexibility index (Phi) is 6.08. The van der Waals surface area contributed by atoms with Crippen LogP contribution in [0.25, 0.3) is 0 Å². The molecule has 1 aromatic rings. The van der Waals surface area contributed by atoms with Crippen molar-refractivity contribution in [2.75, 3.05) is 33.4 Å². The molecule has 3 rings (SSSR count). The monoisotopic (exact) mass is 375 g/mol. The fourth-order valence-electron chi connectivity index (χ4n) is 3.57. The number of nitrogens with one attached hydrogen (secondary N) is 2. The zero-order chi connectivity index (χ0) is 19.3. The number of carbonyl (C=O) groups is 2. The average molecular weight is 375 g/mol. The highest BCUT2D eigenvalue weighted by Crippen LogP contribution is 2.47. The van der Waals surface area contributed by atoms with Crippen LogP contribution in [0, 0.1) is 0 Å². The van der Waals surface area contributed by atoms with Gasteiger partial charge in [-0.25, -0.2) is 9.59 Å². The summed E-state index contributed by atoms with van der Waals surface area (Å²) >= 11 is 0. The van der Waals surface area contributed by atoms with Gasteiger partial charge in [0.15, 0.2) is 0 Å². The van der Waals surface area contributed by atoms with Crippen molar-refractivity contribution in [1.82, 2.24) is 15.5 Å². The number of ether oxygens (including phenoxy) is 2. The Morgan fingerprint density at radius 2 is 1.85 bits per heavy atom. The number of rotatable bonds is 6. The van der Waals surface area contributed by atoms with Crippen LogP contribution < -0.4 is 15.4 Å². The molecule has 1 aromatic carbocycles. The van der Waals surface area contributed by atoms with Crippen molar-refractivity contribution in [2.45, 2.75) is 44.1 Å². The normalized spacial score (nSPS) is 18.5. The number of likely N-dealkylation sites (tertiary alicyclic amines) is 1. The van der Waals surface area contributed by atoms with Gasteiger partial charge in [0.1, 0.15) is 5.75 Å². The number of hydrogen-bond acceptors (Lipinski definition) is 4. The summed E-state index contributed by atoms with van der Waals surface area (Å²) < 4.78 is 10.2. The maximum Gasteiger partial charge on any atom is 0.409 e. The molecule has 0 bridgehead atoms. The van der Waals surface area contributed by atoms with E-state index in [1.54, 1.807) is 18.9 Å². The minimum Gasteiger partial charge on any atom is -0.497 e. The number of piperidine rings is 1. The van der Waals surface area contributed by atoms with Gasteiger partial charge in [-0.3, -0.25) is 0 Å². The van der Waals surface area contributed by atoms with Crippen LogP contribution in [0.1, 0.15) is 38.2 Å². The molecule has 0 atom stereocenters. The van der Waals surface area contributed by atoms with Crippen LogP contribution in [-0.2, 0) is 10.2 Å². The number of urea groups is 1. The van der Waals surface area contributed by atoms with Crippen molar-refractivity contribution < 1.29 is 19.1 Å². The summed E-state index contributed by atoms with van der Waals surface area (Å²) in [5, 5.41) is 6.06. The van der Waals surface area contributed by atoms with E-state index in [4.69, 9.17) is 9.47 Å². The van der Waals surface area contributed by atoms with Gasteiger partial charge in [-0.05, 0) is 50.3 Å². The van der Waals surface area contributed by atoms with Crippen LogP contribution >= 0.6 is 0 Å². The average Bonchev–Trinajstić information content (AvgIpc) is 3.48. The minimum atomic E-state index is -0.268. The summed E-state index contributed by atoms with van der Waals surface area (Å²) in [7, 11) is 1.66. The molecular formula is C20H29N3O4. The summed E-state index contributed by atoms with van der Waals surface area (Å²) in [6, 6.07) is 8.04. The van der Waals surface area contributed by atoms with Crippen molar-refractivity contribution in [2.24, 2.45) is 0 Å². The Hall–Kier alpha value is -2.44. The molecule has 1 aliphatic carbocycles. The molecule has 0 aromatic heterocycles. The van der Waals surface area contributed by atoms with E-state index in [0.29, 0.717) is 26.2 Å². The van der Waals surface area contributed by atoms with Gasteiger partial charge in [-0.15, -0.1) is 0 Å². The maximum absolute atomic E-state index is 12.3. The van der Waals surface area contributed by atoms with Crippen LogP contribution in [0.3, 0.4) is 0 Å². The van der Waals surface area contributed by atoms with Gasteiger partial charge in [-0.1, -0.05) is 12.1 Å².